The fourth-order valence-corrected chi connectivity index (χ4v) is 7.26. The monoisotopic (exact) mass is 1100 g/mol. The number of nitrogens with zero attached hydrogens (tertiary/aromatic N) is 5. The summed E-state index contributed by atoms with van der Waals surface area (Å²) < 4.78 is 33.8. The van der Waals surface area contributed by atoms with Crippen LogP contribution in [0.5, 0.6) is 11.5 Å². The average Bonchev–Trinajstić information content (AvgIpc) is 3.39. The van der Waals surface area contributed by atoms with Crippen molar-refractivity contribution in [3.63, 3.8) is 0 Å². The average molecular weight is 1100 g/mol. The summed E-state index contributed by atoms with van der Waals surface area (Å²) in [6.07, 6.45) is 7.58. The third-order valence-corrected chi connectivity index (χ3v) is 11.6. The minimum atomic E-state index is -0.688. The van der Waals surface area contributed by atoms with Crippen molar-refractivity contribution in [2.75, 3.05) is 102 Å². The lowest BCUT2D eigenvalue weighted by Gasteiger charge is -2.09. The highest BCUT2D eigenvalue weighted by Gasteiger charge is 2.19. The highest BCUT2D eigenvalue weighted by Crippen LogP contribution is 2.21. The predicted octanol–water partition coefficient (Wildman–Crippen LogP) is 5.14. The number of nitrogens with two attached hydrogens (primary N) is 5. The Bertz CT molecular complexity index is 2490. The van der Waals surface area contributed by atoms with Crippen molar-refractivity contribution in [2.45, 2.75) is 83.5 Å². The van der Waals surface area contributed by atoms with Gasteiger partial charge in [0.1, 0.15) is 30.5 Å². The number of anilines is 4. The maximum Gasteiger partial charge on any atom is 0.280 e. The molecule has 0 saturated carbocycles. The second-order valence-electron chi connectivity index (χ2n) is 17.1. The molecular weight excluding hydrogens is 1030 g/mol. The van der Waals surface area contributed by atoms with E-state index >= 15 is 0 Å². The number of benzene rings is 2. The van der Waals surface area contributed by atoms with Gasteiger partial charge in [0, 0.05) is 44.7 Å². The first-order chi connectivity index (χ1) is 36.7. The van der Waals surface area contributed by atoms with Crippen molar-refractivity contribution in [1.82, 2.24) is 30.6 Å². The fraction of sp³-hybridized carbons (Fsp3) is 0.490. The summed E-state index contributed by atoms with van der Waals surface area (Å²) in [6, 6.07) is 15.7. The number of aryl methyl sites for hydroxylation is 2. The highest BCUT2D eigenvalue weighted by atomic mass is 35.5. The Hall–Kier alpha value is -6.76. The first-order valence-corrected chi connectivity index (χ1v) is 25.8. The molecule has 2 aromatic heterocycles. The first-order valence-electron chi connectivity index (χ1n) is 25.1. The molecule has 0 aliphatic carbocycles. The van der Waals surface area contributed by atoms with Crippen LogP contribution in [0.15, 0.2) is 53.5 Å². The van der Waals surface area contributed by atoms with Crippen LogP contribution in [0.1, 0.15) is 103 Å². The van der Waals surface area contributed by atoms with Crippen LogP contribution >= 0.6 is 23.2 Å². The number of ether oxygens (including phenoxy) is 6. The summed E-state index contributed by atoms with van der Waals surface area (Å²) in [6.45, 7) is 4.62. The van der Waals surface area contributed by atoms with E-state index in [9.17, 15) is 19.2 Å². The number of unbranched alkanes of at least 4 members (excludes halogenated alkanes) is 3. The molecule has 0 radical (unpaired) electrons. The molecule has 0 bridgehead atoms. The van der Waals surface area contributed by atoms with Gasteiger partial charge in [-0.1, -0.05) is 53.9 Å². The second kappa shape index (κ2) is 35.5. The van der Waals surface area contributed by atoms with Crippen LogP contribution in [0.4, 0.5) is 23.3 Å². The molecule has 2 aromatic carbocycles. The lowest BCUT2D eigenvalue weighted by atomic mass is 10.0. The number of aromatic nitrogens is 4. The Morgan fingerprint density at radius 2 is 1.07 bits per heavy atom. The summed E-state index contributed by atoms with van der Waals surface area (Å²) in [4.78, 5) is 68.7. The molecule has 0 aliphatic heterocycles. The van der Waals surface area contributed by atoms with Gasteiger partial charge in [-0.05, 0) is 86.8 Å². The number of guanidine groups is 1. The molecule has 23 nitrogen and oxygen atoms in total. The first kappa shape index (κ1) is 61.8. The Kier molecular flexibility index (Phi) is 28.9. The molecule has 0 spiro atoms. The van der Waals surface area contributed by atoms with Gasteiger partial charge in [0.25, 0.3) is 5.91 Å². The van der Waals surface area contributed by atoms with Gasteiger partial charge in [-0.2, -0.15) is 0 Å². The van der Waals surface area contributed by atoms with Crippen LogP contribution in [0.3, 0.4) is 0 Å². The quantitative estimate of drug-likeness (QED) is 0.0124. The van der Waals surface area contributed by atoms with E-state index in [1.54, 1.807) is 0 Å². The van der Waals surface area contributed by atoms with Crippen molar-refractivity contribution in [3.05, 3.63) is 81.4 Å². The van der Waals surface area contributed by atoms with Crippen molar-refractivity contribution >= 4 is 81.5 Å². The van der Waals surface area contributed by atoms with Crippen LogP contribution in [-0.4, -0.2) is 134 Å². The Labute approximate surface area is 452 Å². The number of amides is 2. The zero-order valence-electron chi connectivity index (χ0n) is 42.8. The number of halogens is 2. The Morgan fingerprint density at radius 3 is 1.66 bits per heavy atom. The molecule has 2 heterocycles. The molecule has 0 fully saturated rings. The minimum absolute atomic E-state index is 0.00899. The van der Waals surface area contributed by atoms with Gasteiger partial charge in [-0.15, -0.1) is 0 Å². The van der Waals surface area contributed by atoms with Crippen molar-refractivity contribution in [3.8, 4) is 11.5 Å². The van der Waals surface area contributed by atoms with Gasteiger partial charge >= 0.3 is 0 Å². The van der Waals surface area contributed by atoms with E-state index in [1.165, 1.54) is 5.56 Å². The number of hydrogen-bond acceptors (Lipinski definition) is 20. The summed E-state index contributed by atoms with van der Waals surface area (Å²) >= 11 is 11.7. The smallest absolute Gasteiger partial charge is 0.280 e. The molecule has 4 aromatic rings. The molecule has 0 atom stereocenters. The minimum Gasteiger partial charge on any atom is -0.491 e. The molecule has 76 heavy (non-hydrogen) atoms. The lowest BCUT2D eigenvalue weighted by Crippen LogP contribution is -2.38. The van der Waals surface area contributed by atoms with Gasteiger partial charge < -0.3 is 67.8 Å². The van der Waals surface area contributed by atoms with E-state index < -0.39 is 11.7 Å². The molecule has 414 valence electrons. The van der Waals surface area contributed by atoms with Gasteiger partial charge in [0.05, 0.1) is 52.7 Å². The zero-order chi connectivity index (χ0) is 54.9. The van der Waals surface area contributed by atoms with Crippen molar-refractivity contribution in [1.29, 1.82) is 5.41 Å². The normalized spacial score (nSPS) is 11.3. The molecule has 0 aliphatic rings. The van der Waals surface area contributed by atoms with Crippen LogP contribution in [-0.2, 0) is 41.4 Å². The summed E-state index contributed by atoms with van der Waals surface area (Å²) in [5.74, 6) is -0.264. The summed E-state index contributed by atoms with van der Waals surface area (Å²) in [7, 11) is 0. The maximum absolute atomic E-state index is 12.5. The van der Waals surface area contributed by atoms with Crippen LogP contribution in [0.25, 0.3) is 0 Å². The Balaban J connectivity index is 0.865. The molecule has 0 unspecified atom stereocenters. The predicted molar refractivity (Wildman–Crippen MR) is 291 cm³/mol. The van der Waals surface area contributed by atoms with Crippen molar-refractivity contribution < 1.29 is 47.6 Å². The van der Waals surface area contributed by atoms with Gasteiger partial charge in [0.15, 0.2) is 56.7 Å². The largest absolute Gasteiger partial charge is 0.491 e. The van der Waals surface area contributed by atoms with Gasteiger partial charge in [-0.25, -0.2) is 19.9 Å². The standard InChI is InChI=1S/C51H71Cl2N13O10/c52-44-48(57)64-46(55)42(62-44)40(68)33-36(54)9-3-1-2-7-34-11-16-38(17-12-34)75-31-29-73-27-25-71-23-6-10-37(67)15-20-41(69)60-22-24-72-26-28-74-30-32-76-39-18-13-35(14-19-39)8-4-5-21-61-51(59)66-50(70)43-47(56)65-49(58)45(53)63-43/h11-14,16-19,54H,1-10,15,20-33H2,(H,60,69)(H4,55,57,64)(H4,56,58,65)(H3,59,61,66,70). The fourth-order valence-electron chi connectivity index (χ4n) is 7.01. The topological polar surface area (TPSA) is 366 Å². The van der Waals surface area contributed by atoms with E-state index in [0.717, 1.165) is 62.0 Å². The molecule has 25 heteroatoms. The number of hydrogen-bond donors (Lipinski definition) is 8. The summed E-state index contributed by atoms with van der Waals surface area (Å²) in [5, 5.41) is 13.1. The van der Waals surface area contributed by atoms with E-state index in [-0.39, 0.29) is 81.9 Å². The molecular formula is C51H71Cl2N13O10. The SMILES string of the molecule is N=C(CCCCCc1ccc(OCCOCCOCCCC(=O)CCC(=O)NCCOCCOCCOc2ccc(CCCCN=C(N)NC(=O)c3nc(Cl)c(N)nc3N)cc2)cc1)CC(=O)c1nc(Cl)c(N)nc1N. The van der Waals surface area contributed by atoms with Gasteiger partial charge in [0.2, 0.25) is 5.91 Å². The second-order valence-corrected chi connectivity index (χ2v) is 17.9. The van der Waals surface area contributed by atoms with E-state index in [2.05, 4.69) is 35.6 Å². The van der Waals surface area contributed by atoms with E-state index in [1.807, 2.05) is 48.5 Å². The number of aliphatic imine (C=N–C) groups is 1. The van der Waals surface area contributed by atoms with Crippen LogP contribution < -0.4 is 48.8 Å². The number of rotatable bonds is 39. The number of ketones is 2. The molecule has 13 N–H and O–H groups in total. The number of carbonyl (C=O) groups is 4. The highest BCUT2D eigenvalue weighted by molar-refractivity contribution is 6.32. The number of nitrogens with one attached hydrogen (secondary N) is 3. The Morgan fingerprint density at radius 1 is 0.553 bits per heavy atom. The third-order valence-electron chi connectivity index (χ3n) is 11.0. The van der Waals surface area contributed by atoms with Gasteiger partial charge in [-0.3, -0.25) is 29.5 Å². The number of nitrogen functional groups attached to an aromatic ring is 4. The third kappa shape index (κ3) is 25.2. The van der Waals surface area contributed by atoms with E-state index in [4.69, 9.17) is 85.7 Å². The number of Topliss-reactive ketones (excluding diaryl/α,β-unsaturated/α-hetero) is 2. The molecule has 2 amide bonds. The van der Waals surface area contributed by atoms with Crippen LogP contribution in [0.2, 0.25) is 10.3 Å². The summed E-state index contributed by atoms with van der Waals surface area (Å²) in [5.41, 5.74) is 30.7. The zero-order valence-corrected chi connectivity index (χ0v) is 44.3. The molecule has 0 saturated heterocycles. The van der Waals surface area contributed by atoms with E-state index in [0.29, 0.717) is 104 Å². The number of carbonyl (C=O) groups excluding carboxylic acids is 4. The lowest BCUT2D eigenvalue weighted by molar-refractivity contribution is -0.125. The van der Waals surface area contributed by atoms with Crippen molar-refractivity contribution in [2.24, 2.45) is 10.7 Å². The molecule has 4 rings (SSSR count). The van der Waals surface area contributed by atoms with Crippen LogP contribution in [0, 0.1) is 5.41 Å². The maximum atomic E-state index is 12.5.